The Hall–Kier alpha value is -1.93. The number of nitrogens with one attached hydrogen (secondary N) is 1. The Bertz CT molecular complexity index is 708. The van der Waals surface area contributed by atoms with Crippen molar-refractivity contribution in [3.05, 3.63) is 40.2 Å². The fourth-order valence-corrected chi connectivity index (χ4v) is 3.89. The van der Waals surface area contributed by atoms with Gasteiger partial charge in [0.05, 0.1) is 0 Å². The Morgan fingerprint density at radius 3 is 2.68 bits per heavy atom. The normalized spacial score (nSPS) is 11.2. The Morgan fingerprint density at radius 1 is 1.42 bits per heavy atom. The van der Waals surface area contributed by atoms with Crippen LogP contribution in [-0.2, 0) is 10.0 Å². The number of carbonyl (C=O) groups is 1. The van der Waals surface area contributed by atoms with Crippen LogP contribution >= 0.6 is 11.3 Å². The van der Waals surface area contributed by atoms with Gasteiger partial charge in [-0.05, 0) is 25.1 Å². The molecule has 8 heteroatoms. The highest BCUT2D eigenvalue weighted by atomic mass is 32.2. The Balaban J connectivity index is 2.37. The zero-order chi connectivity index (χ0) is 14.0. The first kappa shape index (κ1) is 13.5. The van der Waals surface area contributed by atoms with Crippen molar-refractivity contribution in [1.82, 2.24) is 4.98 Å². The van der Waals surface area contributed by atoms with Crippen LogP contribution in [0.2, 0.25) is 0 Å². The highest BCUT2D eigenvalue weighted by Crippen LogP contribution is 2.26. The molecule has 0 bridgehead atoms. The van der Waals surface area contributed by atoms with Gasteiger partial charge in [-0.15, -0.1) is 11.3 Å². The third-order valence-electron chi connectivity index (χ3n) is 2.28. The van der Waals surface area contributed by atoms with Gasteiger partial charge in [0.15, 0.2) is 0 Å². The van der Waals surface area contributed by atoms with E-state index >= 15 is 0 Å². The number of aromatic nitrogens is 1. The largest absolute Gasteiger partial charge is 0.477 e. The molecule has 0 amide bonds. The molecule has 0 saturated heterocycles. The monoisotopic (exact) mass is 298 g/mol. The lowest BCUT2D eigenvalue weighted by atomic mass is 10.4. The van der Waals surface area contributed by atoms with E-state index in [4.69, 9.17) is 5.11 Å². The van der Waals surface area contributed by atoms with Crippen LogP contribution in [0.15, 0.2) is 35.4 Å². The average molecular weight is 298 g/mol. The van der Waals surface area contributed by atoms with Gasteiger partial charge in [-0.1, -0.05) is 6.07 Å². The van der Waals surface area contributed by atoms with Gasteiger partial charge in [0.2, 0.25) is 0 Å². The Kier molecular flexibility index (Phi) is 3.54. The summed E-state index contributed by atoms with van der Waals surface area (Å²) in [5, 5.41) is 8.86. The molecule has 2 rings (SSSR count). The Labute approximate surface area is 113 Å². The SMILES string of the molecule is Cc1sc(C(=O)O)cc1S(=O)(=O)Nc1ccccn1. The highest BCUT2D eigenvalue weighted by molar-refractivity contribution is 7.93. The fraction of sp³-hybridized carbons (Fsp3) is 0.0909. The third kappa shape index (κ3) is 2.91. The van der Waals surface area contributed by atoms with E-state index in [0.717, 1.165) is 17.4 Å². The summed E-state index contributed by atoms with van der Waals surface area (Å²) in [5.41, 5.74) is 0. The van der Waals surface area contributed by atoms with Crippen LogP contribution in [0.25, 0.3) is 0 Å². The smallest absolute Gasteiger partial charge is 0.345 e. The van der Waals surface area contributed by atoms with Gasteiger partial charge in [0, 0.05) is 11.1 Å². The molecule has 0 aliphatic heterocycles. The quantitative estimate of drug-likeness (QED) is 0.899. The standard InChI is InChI=1S/C11H10N2O4S2/c1-7-9(6-8(18-7)11(14)15)19(16,17)13-10-4-2-3-5-12-10/h2-6H,1H3,(H,12,13)(H,14,15). The number of aromatic carboxylic acids is 1. The van der Waals surface area contributed by atoms with Crippen LogP contribution in [0, 0.1) is 6.92 Å². The number of sulfonamides is 1. The summed E-state index contributed by atoms with van der Waals surface area (Å²) in [7, 11) is -3.82. The number of aryl methyl sites for hydroxylation is 1. The molecule has 6 nitrogen and oxygen atoms in total. The van der Waals surface area contributed by atoms with Crippen molar-refractivity contribution < 1.29 is 18.3 Å². The molecule has 2 aromatic heterocycles. The molecule has 0 saturated carbocycles. The minimum absolute atomic E-state index is 0.0149. The number of rotatable bonds is 4. The van der Waals surface area contributed by atoms with Gasteiger partial charge in [0.25, 0.3) is 10.0 Å². The van der Waals surface area contributed by atoms with Gasteiger partial charge in [-0.2, -0.15) is 0 Å². The molecule has 0 aromatic carbocycles. The van der Waals surface area contributed by atoms with E-state index in [1.165, 1.54) is 12.3 Å². The van der Waals surface area contributed by atoms with E-state index in [9.17, 15) is 13.2 Å². The number of carboxylic acid groups (broad SMARTS) is 1. The van der Waals surface area contributed by atoms with E-state index in [2.05, 4.69) is 9.71 Å². The number of thiophene rings is 1. The number of carboxylic acids is 1. The second kappa shape index (κ2) is 4.98. The molecule has 0 radical (unpaired) electrons. The first-order chi connectivity index (χ1) is 8.90. The number of hydrogen-bond acceptors (Lipinski definition) is 5. The molecule has 0 atom stereocenters. The van der Waals surface area contributed by atoms with Gasteiger partial charge >= 0.3 is 5.97 Å². The van der Waals surface area contributed by atoms with Crippen LogP contribution in [-0.4, -0.2) is 24.5 Å². The predicted molar refractivity (Wildman–Crippen MR) is 71.1 cm³/mol. The average Bonchev–Trinajstić information content (AvgIpc) is 2.73. The maximum Gasteiger partial charge on any atom is 0.345 e. The minimum atomic E-state index is -3.82. The van der Waals surface area contributed by atoms with E-state index in [1.807, 2.05) is 0 Å². The molecule has 0 spiro atoms. The van der Waals surface area contributed by atoms with E-state index in [0.29, 0.717) is 4.88 Å². The summed E-state index contributed by atoms with van der Waals surface area (Å²) < 4.78 is 26.5. The summed E-state index contributed by atoms with van der Waals surface area (Å²) in [5.74, 6) is -0.961. The minimum Gasteiger partial charge on any atom is -0.477 e. The number of hydrogen-bond donors (Lipinski definition) is 2. The van der Waals surface area contributed by atoms with Crippen molar-refractivity contribution in [2.45, 2.75) is 11.8 Å². The maximum atomic E-state index is 12.1. The van der Waals surface area contributed by atoms with E-state index in [1.54, 1.807) is 19.1 Å². The van der Waals surface area contributed by atoms with Crippen LogP contribution in [0.4, 0.5) is 5.82 Å². The summed E-state index contributed by atoms with van der Waals surface area (Å²) in [6, 6.07) is 5.97. The molecule has 0 aliphatic carbocycles. The third-order valence-corrected chi connectivity index (χ3v) is 4.92. The number of anilines is 1. The first-order valence-corrected chi connectivity index (χ1v) is 7.48. The second-order valence-corrected chi connectivity index (χ2v) is 6.56. The van der Waals surface area contributed by atoms with Crippen LogP contribution in [0.5, 0.6) is 0 Å². The molecule has 0 aliphatic rings. The first-order valence-electron chi connectivity index (χ1n) is 5.18. The van der Waals surface area contributed by atoms with E-state index in [-0.39, 0.29) is 15.6 Å². The molecule has 100 valence electrons. The topological polar surface area (TPSA) is 96.4 Å². The van der Waals surface area contributed by atoms with Crippen molar-refractivity contribution in [1.29, 1.82) is 0 Å². The van der Waals surface area contributed by atoms with Gasteiger partial charge < -0.3 is 5.11 Å². The molecule has 19 heavy (non-hydrogen) atoms. The maximum absolute atomic E-state index is 12.1. The lowest BCUT2D eigenvalue weighted by Gasteiger charge is -2.05. The van der Waals surface area contributed by atoms with Crippen molar-refractivity contribution >= 4 is 33.1 Å². The summed E-state index contributed by atoms with van der Waals surface area (Å²) in [4.78, 5) is 15.1. The van der Waals surface area contributed by atoms with Crippen molar-refractivity contribution in [3.8, 4) is 0 Å². The molecule has 2 heterocycles. The number of nitrogens with zero attached hydrogens (tertiary/aromatic N) is 1. The predicted octanol–water partition coefficient (Wildman–Crippen LogP) is 1.95. The fourth-order valence-electron chi connectivity index (χ4n) is 1.45. The van der Waals surface area contributed by atoms with Crippen molar-refractivity contribution in [3.63, 3.8) is 0 Å². The van der Waals surface area contributed by atoms with E-state index < -0.39 is 16.0 Å². The van der Waals surface area contributed by atoms with Crippen molar-refractivity contribution in [2.24, 2.45) is 0 Å². The molecule has 0 unspecified atom stereocenters. The molecule has 2 aromatic rings. The van der Waals surface area contributed by atoms with Crippen LogP contribution in [0.1, 0.15) is 14.5 Å². The molecule has 0 fully saturated rings. The van der Waals surface area contributed by atoms with Crippen molar-refractivity contribution in [2.75, 3.05) is 4.72 Å². The van der Waals surface area contributed by atoms with Gasteiger partial charge in [-0.3, -0.25) is 4.72 Å². The Morgan fingerprint density at radius 2 is 2.16 bits per heavy atom. The van der Waals surface area contributed by atoms with Gasteiger partial charge in [0.1, 0.15) is 15.6 Å². The second-order valence-electron chi connectivity index (χ2n) is 3.66. The number of pyridine rings is 1. The molecule has 2 N–H and O–H groups in total. The lowest BCUT2D eigenvalue weighted by molar-refractivity contribution is 0.0702. The van der Waals surface area contributed by atoms with Crippen LogP contribution in [0.3, 0.4) is 0 Å². The zero-order valence-electron chi connectivity index (χ0n) is 9.82. The lowest BCUT2D eigenvalue weighted by Crippen LogP contribution is -2.14. The molecular formula is C11H10N2O4S2. The summed E-state index contributed by atoms with van der Waals surface area (Å²) >= 11 is 0.921. The highest BCUT2D eigenvalue weighted by Gasteiger charge is 2.22. The summed E-state index contributed by atoms with van der Waals surface area (Å²) in [6.45, 7) is 1.56. The van der Waals surface area contributed by atoms with Crippen LogP contribution < -0.4 is 4.72 Å². The zero-order valence-corrected chi connectivity index (χ0v) is 11.5. The molecular weight excluding hydrogens is 288 g/mol. The van der Waals surface area contributed by atoms with Gasteiger partial charge in [-0.25, -0.2) is 18.2 Å². The summed E-state index contributed by atoms with van der Waals surface area (Å²) in [6.07, 6.45) is 1.46.